The summed E-state index contributed by atoms with van der Waals surface area (Å²) in [6, 6.07) is 12.8. The van der Waals surface area contributed by atoms with Crippen molar-refractivity contribution in [1.29, 1.82) is 0 Å². The first-order valence-electron chi connectivity index (χ1n) is 8.14. The molecule has 3 aromatic rings. The van der Waals surface area contributed by atoms with Gasteiger partial charge >= 0.3 is 5.97 Å². The molecule has 0 atom stereocenters. The Hall–Kier alpha value is -3.81. The van der Waals surface area contributed by atoms with E-state index in [1.165, 1.54) is 25.4 Å². The Morgan fingerprint density at radius 3 is 2.29 bits per heavy atom. The van der Waals surface area contributed by atoms with Crippen LogP contribution in [-0.4, -0.2) is 24.0 Å². The van der Waals surface area contributed by atoms with Crippen molar-refractivity contribution in [3.8, 4) is 0 Å². The molecular weight excluding hydrogens is 368 g/mol. The molecule has 0 saturated carbocycles. The van der Waals surface area contributed by atoms with E-state index in [0.29, 0.717) is 16.9 Å². The van der Waals surface area contributed by atoms with E-state index >= 15 is 0 Å². The van der Waals surface area contributed by atoms with Crippen molar-refractivity contribution in [2.75, 3.05) is 17.7 Å². The number of ether oxygens (including phenoxy) is 1. The maximum absolute atomic E-state index is 13.3. The van der Waals surface area contributed by atoms with Crippen LogP contribution in [0.1, 0.15) is 20.8 Å². The fourth-order valence-corrected chi connectivity index (χ4v) is 2.38. The standard InChI is InChI=1S/C20H15F2N3O3/c1-28-20(27)12-2-4-13(5-3-12)24-15-8-9-23-18(11-15)19(26)25-14-6-7-16(21)17(22)10-14/h2-11H,1H3,(H,23,24)(H,25,26). The van der Waals surface area contributed by atoms with Crippen LogP contribution in [0.5, 0.6) is 0 Å². The molecule has 0 saturated heterocycles. The first-order valence-corrected chi connectivity index (χ1v) is 8.14. The van der Waals surface area contributed by atoms with E-state index in [-0.39, 0.29) is 11.4 Å². The summed E-state index contributed by atoms with van der Waals surface area (Å²) >= 11 is 0. The topological polar surface area (TPSA) is 80.3 Å². The quantitative estimate of drug-likeness (QED) is 0.647. The maximum atomic E-state index is 13.3. The summed E-state index contributed by atoms with van der Waals surface area (Å²) in [6.07, 6.45) is 1.44. The van der Waals surface area contributed by atoms with Gasteiger partial charge < -0.3 is 15.4 Å². The Morgan fingerprint density at radius 1 is 0.893 bits per heavy atom. The zero-order valence-corrected chi connectivity index (χ0v) is 14.7. The molecule has 1 amide bonds. The Morgan fingerprint density at radius 2 is 1.61 bits per heavy atom. The SMILES string of the molecule is COC(=O)c1ccc(Nc2ccnc(C(=O)Nc3ccc(F)c(F)c3)c2)cc1. The molecule has 0 radical (unpaired) electrons. The molecule has 0 fully saturated rings. The number of pyridine rings is 1. The van der Waals surface area contributed by atoms with Gasteiger partial charge in [-0.15, -0.1) is 0 Å². The monoisotopic (exact) mass is 383 g/mol. The average molecular weight is 383 g/mol. The molecule has 3 rings (SSSR count). The van der Waals surface area contributed by atoms with Crippen molar-refractivity contribution in [2.24, 2.45) is 0 Å². The number of halogens is 2. The Balaban J connectivity index is 1.71. The van der Waals surface area contributed by atoms with Crippen molar-refractivity contribution in [1.82, 2.24) is 4.98 Å². The molecule has 8 heteroatoms. The molecular formula is C20H15F2N3O3. The highest BCUT2D eigenvalue weighted by atomic mass is 19.2. The van der Waals surface area contributed by atoms with E-state index < -0.39 is 23.5 Å². The van der Waals surface area contributed by atoms with Gasteiger partial charge in [0.25, 0.3) is 5.91 Å². The van der Waals surface area contributed by atoms with Gasteiger partial charge in [-0.05, 0) is 48.5 Å². The molecule has 6 nitrogen and oxygen atoms in total. The number of rotatable bonds is 5. The number of methoxy groups -OCH3 is 1. The number of carbonyl (C=O) groups is 2. The van der Waals surface area contributed by atoms with Crippen LogP contribution >= 0.6 is 0 Å². The second kappa shape index (κ2) is 8.26. The number of anilines is 3. The molecule has 0 aliphatic rings. The lowest BCUT2D eigenvalue weighted by Gasteiger charge is -2.09. The van der Waals surface area contributed by atoms with Gasteiger partial charge in [-0.1, -0.05) is 0 Å². The molecule has 0 unspecified atom stereocenters. The fraction of sp³-hybridized carbons (Fsp3) is 0.0500. The molecule has 142 valence electrons. The van der Waals surface area contributed by atoms with E-state index in [2.05, 4.69) is 20.4 Å². The zero-order chi connectivity index (χ0) is 20.1. The van der Waals surface area contributed by atoms with Crippen molar-refractivity contribution < 1.29 is 23.1 Å². The number of nitrogens with zero attached hydrogens (tertiary/aromatic N) is 1. The van der Waals surface area contributed by atoms with Crippen LogP contribution < -0.4 is 10.6 Å². The summed E-state index contributed by atoms with van der Waals surface area (Å²) in [4.78, 5) is 27.7. The second-order valence-electron chi connectivity index (χ2n) is 5.71. The number of nitrogens with one attached hydrogen (secondary N) is 2. The van der Waals surface area contributed by atoms with Gasteiger partial charge in [-0.3, -0.25) is 9.78 Å². The van der Waals surface area contributed by atoms with Gasteiger partial charge in [-0.2, -0.15) is 0 Å². The van der Waals surface area contributed by atoms with Crippen molar-refractivity contribution in [3.63, 3.8) is 0 Å². The summed E-state index contributed by atoms with van der Waals surface area (Å²) in [6.45, 7) is 0. The van der Waals surface area contributed by atoms with Crippen LogP contribution in [0.2, 0.25) is 0 Å². The summed E-state index contributed by atoms with van der Waals surface area (Å²) in [5.74, 6) is -3.07. The van der Waals surface area contributed by atoms with Crippen LogP contribution in [0, 0.1) is 11.6 Å². The van der Waals surface area contributed by atoms with Crippen molar-refractivity contribution in [2.45, 2.75) is 0 Å². The van der Waals surface area contributed by atoms with Crippen LogP contribution in [0.3, 0.4) is 0 Å². The van der Waals surface area contributed by atoms with Gasteiger partial charge in [0.15, 0.2) is 11.6 Å². The van der Waals surface area contributed by atoms with Crippen molar-refractivity contribution >= 4 is 28.9 Å². The molecule has 0 spiro atoms. The summed E-state index contributed by atoms with van der Waals surface area (Å²) in [5, 5.41) is 5.54. The number of esters is 1. The normalized spacial score (nSPS) is 10.2. The molecule has 0 bridgehead atoms. The third-order valence-electron chi connectivity index (χ3n) is 3.76. The van der Waals surface area contributed by atoms with Gasteiger partial charge in [0.05, 0.1) is 12.7 Å². The average Bonchev–Trinajstić information content (AvgIpc) is 2.71. The Bertz CT molecular complexity index is 1020. The van der Waals surface area contributed by atoms with E-state index in [1.807, 2.05) is 0 Å². The first-order chi connectivity index (χ1) is 13.5. The summed E-state index contributed by atoms with van der Waals surface area (Å²) in [7, 11) is 1.30. The predicted octanol–water partition coefficient (Wildman–Crippen LogP) is 4.14. The summed E-state index contributed by atoms with van der Waals surface area (Å²) in [5.41, 5.74) is 1.87. The van der Waals surface area contributed by atoms with Gasteiger partial charge in [0.2, 0.25) is 0 Å². The second-order valence-corrected chi connectivity index (χ2v) is 5.71. The molecule has 28 heavy (non-hydrogen) atoms. The fourth-order valence-electron chi connectivity index (χ4n) is 2.38. The third-order valence-corrected chi connectivity index (χ3v) is 3.76. The van der Waals surface area contributed by atoms with E-state index in [4.69, 9.17) is 0 Å². The molecule has 2 aromatic carbocycles. The minimum atomic E-state index is -1.06. The van der Waals surface area contributed by atoms with Crippen molar-refractivity contribution in [3.05, 3.63) is 83.7 Å². The van der Waals surface area contributed by atoms with Gasteiger partial charge in [0, 0.05) is 29.3 Å². The number of carbonyl (C=O) groups excluding carboxylic acids is 2. The van der Waals surface area contributed by atoms with Crippen LogP contribution in [0.15, 0.2) is 60.8 Å². The lowest BCUT2D eigenvalue weighted by Crippen LogP contribution is -2.14. The number of hydrogen-bond acceptors (Lipinski definition) is 5. The maximum Gasteiger partial charge on any atom is 0.337 e. The highest BCUT2D eigenvalue weighted by Crippen LogP contribution is 2.19. The minimum Gasteiger partial charge on any atom is -0.465 e. The van der Waals surface area contributed by atoms with Gasteiger partial charge in [-0.25, -0.2) is 13.6 Å². The number of benzene rings is 2. The van der Waals surface area contributed by atoms with Crippen LogP contribution in [0.25, 0.3) is 0 Å². The molecule has 2 N–H and O–H groups in total. The highest BCUT2D eigenvalue weighted by Gasteiger charge is 2.11. The molecule has 0 aliphatic heterocycles. The Kier molecular flexibility index (Phi) is 5.59. The van der Waals surface area contributed by atoms with E-state index in [0.717, 1.165) is 12.1 Å². The zero-order valence-electron chi connectivity index (χ0n) is 14.7. The molecule has 1 aromatic heterocycles. The van der Waals surface area contributed by atoms with E-state index in [1.54, 1.807) is 30.3 Å². The number of amides is 1. The molecule has 0 aliphatic carbocycles. The van der Waals surface area contributed by atoms with E-state index in [9.17, 15) is 18.4 Å². The number of aromatic nitrogens is 1. The largest absolute Gasteiger partial charge is 0.465 e. The van der Waals surface area contributed by atoms with Crippen LogP contribution in [0.4, 0.5) is 25.8 Å². The highest BCUT2D eigenvalue weighted by molar-refractivity contribution is 6.03. The van der Waals surface area contributed by atoms with Crippen LogP contribution in [-0.2, 0) is 4.74 Å². The smallest absolute Gasteiger partial charge is 0.337 e. The van der Waals surface area contributed by atoms with Gasteiger partial charge in [0.1, 0.15) is 5.69 Å². The summed E-state index contributed by atoms with van der Waals surface area (Å²) < 4.78 is 30.9. The lowest BCUT2D eigenvalue weighted by atomic mass is 10.2. The predicted molar refractivity (Wildman–Crippen MR) is 99.6 cm³/mol. The Labute approximate surface area is 159 Å². The molecule has 1 heterocycles. The third kappa shape index (κ3) is 4.47. The first kappa shape index (κ1) is 19.0. The lowest BCUT2D eigenvalue weighted by molar-refractivity contribution is 0.0600. The number of hydrogen-bond donors (Lipinski definition) is 2. The minimum absolute atomic E-state index is 0.0842.